The average molecular weight is 613 g/mol. The van der Waals surface area contributed by atoms with E-state index in [1.54, 1.807) is 56.3 Å². The van der Waals surface area contributed by atoms with Gasteiger partial charge in [0, 0.05) is 32.6 Å². The van der Waals surface area contributed by atoms with E-state index in [-0.39, 0.29) is 12.0 Å². The molecule has 10 atom stereocenters. The summed E-state index contributed by atoms with van der Waals surface area (Å²) >= 11 is 0. The van der Waals surface area contributed by atoms with Gasteiger partial charge in [0.25, 0.3) is 0 Å². The van der Waals surface area contributed by atoms with Crippen molar-refractivity contribution in [1.82, 2.24) is 0 Å². The molecule has 1 aromatic rings. The van der Waals surface area contributed by atoms with E-state index in [0.717, 1.165) is 0 Å². The van der Waals surface area contributed by atoms with E-state index >= 15 is 0 Å². The number of hydrogen-bond donors (Lipinski definition) is 1. The third-order valence-corrected chi connectivity index (χ3v) is 10.00. The van der Waals surface area contributed by atoms with Gasteiger partial charge in [0.05, 0.1) is 22.5 Å². The second-order valence-corrected chi connectivity index (χ2v) is 13.4. The molecule has 0 amide bonds. The molecule has 4 aliphatic rings. The average Bonchev–Trinajstić information content (AvgIpc) is 3.30. The van der Waals surface area contributed by atoms with Gasteiger partial charge in [-0.3, -0.25) is 19.2 Å². The Labute approximate surface area is 256 Å². The highest BCUT2D eigenvalue weighted by Crippen LogP contribution is 2.67. The van der Waals surface area contributed by atoms with Crippen molar-refractivity contribution in [2.45, 2.75) is 90.0 Å². The highest BCUT2D eigenvalue weighted by molar-refractivity contribution is 5.97. The standard InChI is InChI=1S/C33H40O11/c1-17-15-33(39)24(25(17)43-28(37)21-11-9-8-10-12-21)27(42-20(4)36)32(16-40-18(2)34)23(41-19(3)35)14-13-22-26(32)31(7,29(33)38)44-30(22,5)6/h8-14,17,22-27,39H,15-16H2,1-7H3/t17-,22-,23+,24+,25-,26?,27+,31-,32+,33+/m0/s1. The second kappa shape index (κ2) is 10.8. The van der Waals surface area contributed by atoms with Crippen LogP contribution in [-0.4, -0.2) is 76.5 Å². The van der Waals surface area contributed by atoms with Crippen LogP contribution >= 0.6 is 0 Å². The lowest BCUT2D eigenvalue weighted by Gasteiger charge is -2.53. The van der Waals surface area contributed by atoms with Crippen molar-refractivity contribution in [3.63, 3.8) is 0 Å². The molecule has 0 radical (unpaired) electrons. The third kappa shape index (κ3) is 4.75. The Morgan fingerprint density at radius 3 is 2.16 bits per heavy atom. The minimum atomic E-state index is -2.21. The number of benzene rings is 1. The van der Waals surface area contributed by atoms with Gasteiger partial charge in [0.1, 0.15) is 36.1 Å². The lowest BCUT2D eigenvalue weighted by Crippen LogP contribution is -2.64. The highest BCUT2D eigenvalue weighted by atomic mass is 16.6. The van der Waals surface area contributed by atoms with Crippen LogP contribution in [-0.2, 0) is 42.9 Å². The Balaban J connectivity index is 1.80. The van der Waals surface area contributed by atoms with Crippen LogP contribution in [0.25, 0.3) is 0 Å². The normalized spacial score (nSPS) is 39.8. The van der Waals surface area contributed by atoms with Crippen LogP contribution in [0.4, 0.5) is 0 Å². The Morgan fingerprint density at radius 1 is 0.932 bits per heavy atom. The van der Waals surface area contributed by atoms with Crippen molar-refractivity contribution in [2.75, 3.05) is 6.61 Å². The van der Waals surface area contributed by atoms with Gasteiger partial charge >= 0.3 is 23.9 Å². The summed E-state index contributed by atoms with van der Waals surface area (Å²) in [5.41, 5.74) is -6.29. The molecule has 5 rings (SSSR count). The van der Waals surface area contributed by atoms with Crippen LogP contribution in [0.5, 0.6) is 0 Å². The largest absolute Gasteiger partial charge is 0.465 e. The Hall–Kier alpha value is -3.57. The fraction of sp³-hybridized carbons (Fsp3) is 0.606. The molecule has 0 spiro atoms. The lowest BCUT2D eigenvalue weighted by atomic mass is 9.54. The second-order valence-electron chi connectivity index (χ2n) is 13.4. The minimum absolute atomic E-state index is 0.132. The van der Waals surface area contributed by atoms with Gasteiger partial charge in [-0.2, -0.15) is 0 Å². The molecule has 1 heterocycles. The van der Waals surface area contributed by atoms with Crippen molar-refractivity contribution in [3.05, 3.63) is 48.0 Å². The summed E-state index contributed by atoms with van der Waals surface area (Å²) in [5.74, 6) is -6.80. The van der Waals surface area contributed by atoms with Crippen molar-refractivity contribution in [2.24, 2.45) is 29.1 Å². The van der Waals surface area contributed by atoms with Crippen LogP contribution < -0.4 is 0 Å². The van der Waals surface area contributed by atoms with Crippen LogP contribution in [0.15, 0.2) is 42.5 Å². The smallest absolute Gasteiger partial charge is 0.338 e. The molecule has 1 saturated heterocycles. The molecule has 0 bridgehead atoms. The maximum atomic E-state index is 14.9. The number of carbonyl (C=O) groups is 5. The molecule has 1 N–H and O–H groups in total. The molecule has 1 aliphatic heterocycles. The zero-order valence-electron chi connectivity index (χ0n) is 26.0. The summed E-state index contributed by atoms with van der Waals surface area (Å²) < 4.78 is 30.3. The molecule has 1 unspecified atom stereocenters. The number of Topliss-reactive ketones (excluding diaryl/α,β-unsaturated/α-hetero) is 1. The first-order chi connectivity index (χ1) is 20.5. The summed E-state index contributed by atoms with van der Waals surface area (Å²) in [5, 5.41) is 12.6. The van der Waals surface area contributed by atoms with E-state index in [4.69, 9.17) is 23.7 Å². The zero-order chi connectivity index (χ0) is 32.4. The molecule has 2 saturated carbocycles. The van der Waals surface area contributed by atoms with Gasteiger partial charge in [0.2, 0.25) is 0 Å². The Morgan fingerprint density at radius 2 is 1.57 bits per heavy atom. The fourth-order valence-electron chi connectivity index (χ4n) is 8.64. The molecule has 3 aliphatic carbocycles. The van der Waals surface area contributed by atoms with Gasteiger partial charge in [-0.05, 0) is 51.3 Å². The van der Waals surface area contributed by atoms with E-state index < -0.39 is 100 Å². The maximum absolute atomic E-state index is 14.9. The minimum Gasteiger partial charge on any atom is -0.465 e. The molecule has 11 nitrogen and oxygen atoms in total. The predicted molar refractivity (Wildman–Crippen MR) is 153 cm³/mol. The van der Waals surface area contributed by atoms with Crippen LogP contribution in [0.2, 0.25) is 0 Å². The van der Waals surface area contributed by atoms with E-state index in [9.17, 15) is 29.1 Å². The Bertz CT molecular complexity index is 1400. The van der Waals surface area contributed by atoms with Crippen molar-refractivity contribution >= 4 is 29.7 Å². The SMILES string of the molecule is CC(=O)OC[C@]12C3[C@H](C=C[C@H]1OC(C)=O)C(C)(C)O[C@]3(C)C(=O)[C@@]1(O)C[C@H](C)[C@H](OC(=O)c3ccccc3)[C@@H]1[C@H]2OC(C)=O. The number of rotatable bonds is 6. The topological polar surface area (TPSA) is 152 Å². The number of fused-ring (bicyclic) bond motifs is 1. The number of ketones is 1. The summed E-state index contributed by atoms with van der Waals surface area (Å²) in [4.78, 5) is 66.2. The number of ether oxygens (including phenoxy) is 5. The van der Waals surface area contributed by atoms with E-state index in [2.05, 4.69) is 0 Å². The molecule has 238 valence electrons. The third-order valence-electron chi connectivity index (χ3n) is 10.00. The van der Waals surface area contributed by atoms with Gasteiger partial charge in [-0.25, -0.2) is 4.79 Å². The van der Waals surface area contributed by atoms with E-state index in [1.165, 1.54) is 20.8 Å². The van der Waals surface area contributed by atoms with Gasteiger partial charge < -0.3 is 28.8 Å². The molecule has 11 heteroatoms. The molecular weight excluding hydrogens is 572 g/mol. The van der Waals surface area contributed by atoms with Crippen molar-refractivity contribution in [3.8, 4) is 0 Å². The molecule has 0 aromatic heterocycles. The molecule has 3 fully saturated rings. The predicted octanol–water partition coefficient (Wildman–Crippen LogP) is 2.96. The zero-order valence-corrected chi connectivity index (χ0v) is 26.0. The number of carbonyl (C=O) groups excluding carboxylic acids is 5. The number of hydrogen-bond acceptors (Lipinski definition) is 11. The molecule has 1 aromatic carbocycles. The summed E-state index contributed by atoms with van der Waals surface area (Å²) in [6.07, 6.45) is -0.446. The first-order valence-corrected chi connectivity index (χ1v) is 14.9. The fourth-order valence-corrected chi connectivity index (χ4v) is 8.64. The maximum Gasteiger partial charge on any atom is 0.338 e. The first-order valence-electron chi connectivity index (χ1n) is 14.9. The monoisotopic (exact) mass is 612 g/mol. The molecular formula is C33H40O11. The summed E-state index contributed by atoms with van der Waals surface area (Å²) in [7, 11) is 0. The van der Waals surface area contributed by atoms with Gasteiger partial charge in [0.15, 0.2) is 5.78 Å². The first kappa shape index (κ1) is 31.8. The highest BCUT2D eigenvalue weighted by Gasteiger charge is 2.80. The number of aliphatic hydroxyl groups is 1. The lowest BCUT2D eigenvalue weighted by molar-refractivity contribution is -0.213. The quantitative estimate of drug-likeness (QED) is 0.287. The summed E-state index contributed by atoms with van der Waals surface area (Å²) in [6.45, 7) is 10.1. The van der Waals surface area contributed by atoms with Gasteiger partial charge in [-0.15, -0.1) is 0 Å². The van der Waals surface area contributed by atoms with Crippen LogP contribution in [0, 0.1) is 29.1 Å². The van der Waals surface area contributed by atoms with Gasteiger partial charge in [-0.1, -0.05) is 31.2 Å². The van der Waals surface area contributed by atoms with Crippen molar-refractivity contribution in [1.29, 1.82) is 0 Å². The van der Waals surface area contributed by atoms with E-state index in [1.807, 2.05) is 13.8 Å². The molecule has 44 heavy (non-hydrogen) atoms. The van der Waals surface area contributed by atoms with Crippen LogP contribution in [0.3, 0.4) is 0 Å². The Kier molecular flexibility index (Phi) is 7.82. The number of esters is 4. The van der Waals surface area contributed by atoms with E-state index in [0.29, 0.717) is 0 Å². The van der Waals surface area contributed by atoms with Crippen molar-refractivity contribution < 1.29 is 52.8 Å². The van der Waals surface area contributed by atoms with Crippen LogP contribution in [0.1, 0.15) is 65.2 Å². The summed E-state index contributed by atoms with van der Waals surface area (Å²) in [6, 6.07) is 8.25.